The van der Waals surface area contributed by atoms with Crippen molar-refractivity contribution < 1.29 is 9.90 Å². The number of nitrogen functional groups attached to an aromatic ring is 1. The van der Waals surface area contributed by atoms with Gasteiger partial charge in [-0.25, -0.2) is 9.97 Å². The maximum absolute atomic E-state index is 12.2. The molecule has 4 rings (SSSR count). The molecule has 0 unspecified atom stereocenters. The van der Waals surface area contributed by atoms with Crippen LogP contribution in [0.15, 0.2) is 30.5 Å². The van der Waals surface area contributed by atoms with Gasteiger partial charge in [-0.2, -0.15) is 0 Å². The highest BCUT2D eigenvalue weighted by atomic mass is 35.5. The van der Waals surface area contributed by atoms with Crippen molar-refractivity contribution in [1.29, 1.82) is 0 Å². The number of hydrogen-bond donors (Lipinski definition) is 3. The second-order valence-corrected chi connectivity index (χ2v) is 6.83. The molecule has 1 aliphatic rings. The van der Waals surface area contributed by atoms with Gasteiger partial charge in [0.05, 0.1) is 16.8 Å². The Bertz CT molecular complexity index is 1150. The Hall–Kier alpha value is -3.50. The van der Waals surface area contributed by atoms with Gasteiger partial charge in [0.15, 0.2) is 0 Å². The van der Waals surface area contributed by atoms with Crippen LogP contribution in [0.3, 0.4) is 0 Å². The first-order valence-electron chi connectivity index (χ1n) is 8.53. The number of phenols is 1. The van der Waals surface area contributed by atoms with Gasteiger partial charge in [0.1, 0.15) is 11.4 Å². The molecule has 2 aromatic heterocycles. The molecule has 3 heterocycles. The molecule has 0 aliphatic carbocycles. The number of amides is 1. The summed E-state index contributed by atoms with van der Waals surface area (Å²) in [4.78, 5) is 20.6. The van der Waals surface area contributed by atoms with Crippen molar-refractivity contribution >= 4 is 23.5 Å². The number of halogens is 1. The van der Waals surface area contributed by atoms with Crippen LogP contribution in [0, 0.1) is 11.8 Å². The molecule has 0 saturated carbocycles. The number of carbonyl (C=O) groups excluding carboxylic acids is 1. The summed E-state index contributed by atoms with van der Waals surface area (Å²) in [7, 11) is 1.89. The van der Waals surface area contributed by atoms with Crippen molar-refractivity contribution in [3.63, 3.8) is 0 Å². The summed E-state index contributed by atoms with van der Waals surface area (Å²) in [6.45, 7) is 0.597. The number of nitrogens with one attached hydrogen (secondary N) is 1. The zero-order valence-electron chi connectivity index (χ0n) is 15.0. The van der Waals surface area contributed by atoms with E-state index < -0.39 is 0 Å². The summed E-state index contributed by atoms with van der Waals surface area (Å²) in [5, 5.41) is 12.9. The number of nitrogens with two attached hydrogens (primary N) is 1. The molecule has 140 valence electrons. The molecule has 0 spiro atoms. The minimum Gasteiger partial charge on any atom is -0.508 e. The lowest BCUT2D eigenvalue weighted by atomic mass is 10.1. The van der Waals surface area contributed by atoms with Crippen molar-refractivity contribution in [2.75, 3.05) is 12.3 Å². The average Bonchev–Trinajstić information content (AvgIpc) is 2.98. The van der Waals surface area contributed by atoms with Gasteiger partial charge in [0.25, 0.3) is 5.91 Å². The fourth-order valence-electron chi connectivity index (χ4n) is 3.23. The maximum atomic E-state index is 12.2. The van der Waals surface area contributed by atoms with E-state index in [4.69, 9.17) is 17.3 Å². The number of carbonyl (C=O) groups is 1. The zero-order chi connectivity index (χ0) is 19.8. The summed E-state index contributed by atoms with van der Waals surface area (Å²) < 4.78 is 1.94. The molecule has 1 aromatic carbocycles. The number of rotatable bonds is 1. The summed E-state index contributed by atoms with van der Waals surface area (Å²) in [6.07, 6.45) is 2.28. The highest BCUT2D eigenvalue weighted by Gasteiger charge is 2.24. The predicted molar refractivity (Wildman–Crippen MR) is 106 cm³/mol. The number of anilines is 1. The van der Waals surface area contributed by atoms with Crippen molar-refractivity contribution in [2.24, 2.45) is 7.05 Å². The quantitative estimate of drug-likeness (QED) is 0.549. The number of nitrogens with zero attached hydrogens (tertiary/aromatic N) is 3. The molecule has 0 saturated heterocycles. The number of fused-ring (bicyclic) bond motifs is 1. The van der Waals surface area contributed by atoms with Crippen LogP contribution in [0.25, 0.3) is 11.4 Å². The van der Waals surface area contributed by atoms with E-state index in [1.165, 1.54) is 12.1 Å². The Kier molecular flexibility index (Phi) is 4.41. The summed E-state index contributed by atoms with van der Waals surface area (Å²) in [5.41, 5.74) is 9.74. The normalized spacial score (nSPS) is 12.7. The Morgan fingerprint density at radius 3 is 2.86 bits per heavy atom. The van der Waals surface area contributed by atoms with Crippen molar-refractivity contribution in [3.8, 4) is 29.0 Å². The molecule has 1 aliphatic heterocycles. The third-order valence-corrected chi connectivity index (χ3v) is 4.74. The molecule has 7 nitrogen and oxygen atoms in total. The van der Waals surface area contributed by atoms with Crippen LogP contribution in [0.4, 0.5) is 5.95 Å². The number of phenolic OH excluding ortho intramolecular Hbond substituents is 1. The van der Waals surface area contributed by atoms with E-state index in [9.17, 15) is 9.90 Å². The monoisotopic (exact) mass is 393 g/mol. The minimum atomic E-state index is -0.104. The van der Waals surface area contributed by atoms with E-state index >= 15 is 0 Å². The fourth-order valence-corrected chi connectivity index (χ4v) is 3.46. The number of aromatic nitrogens is 3. The molecule has 0 radical (unpaired) electrons. The van der Waals surface area contributed by atoms with Crippen LogP contribution in [0.2, 0.25) is 5.02 Å². The number of aromatic hydroxyl groups is 1. The van der Waals surface area contributed by atoms with Crippen molar-refractivity contribution in [3.05, 3.63) is 57.9 Å². The van der Waals surface area contributed by atoms with Crippen LogP contribution in [-0.2, 0) is 13.5 Å². The standard InChI is InChI=1S/C20H16ClN5O2/c1-26-16-4-5-23-19(28)15(16)9-17(26)18-12(10-24-20(22)25-18)3-2-11-6-13(21)8-14(27)7-11/h6-10,27H,4-5H2,1H3,(H,23,28)(H2,22,24,25). The van der Waals surface area contributed by atoms with E-state index in [1.807, 2.05) is 11.6 Å². The molecule has 28 heavy (non-hydrogen) atoms. The number of hydrogen-bond acceptors (Lipinski definition) is 5. The lowest BCUT2D eigenvalue weighted by Gasteiger charge is -2.14. The SMILES string of the molecule is Cn1c(-c2nc(N)ncc2C#Cc2cc(O)cc(Cl)c2)cc2c1CCNC2=O. The molecule has 4 N–H and O–H groups in total. The summed E-state index contributed by atoms with van der Waals surface area (Å²) in [5.74, 6) is 6.02. The lowest BCUT2D eigenvalue weighted by Crippen LogP contribution is -2.31. The van der Waals surface area contributed by atoms with Crippen LogP contribution in [0.1, 0.15) is 27.2 Å². The van der Waals surface area contributed by atoms with Gasteiger partial charge in [0.2, 0.25) is 5.95 Å². The zero-order valence-corrected chi connectivity index (χ0v) is 15.7. The Morgan fingerprint density at radius 1 is 1.29 bits per heavy atom. The molecule has 1 amide bonds. The molecule has 8 heteroatoms. The average molecular weight is 394 g/mol. The molecule has 0 bridgehead atoms. The predicted octanol–water partition coefficient (Wildman–Crippen LogP) is 2.11. The third kappa shape index (κ3) is 3.26. The van der Waals surface area contributed by atoms with Crippen LogP contribution in [0.5, 0.6) is 5.75 Å². The minimum absolute atomic E-state index is 0.0340. The van der Waals surface area contributed by atoms with Gasteiger partial charge in [-0.15, -0.1) is 0 Å². The van der Waals surface area contributed by atoms with Gasteiger partial charge in [-0.3, -0.25) is 4.79 Å². The fraction of sp³-hybridized carbons (Fsp3) is 0.150. The van der Waals surface area contributed by atoms with Crippen LogP contribution < -0.4 is 11.1 Å². The highest BCUT2D eigenvalue weighted by Crippen LogP contribution is 2.28. The molecule has 0 fully saturated rings. The highest BCUT2D eigenvalue weighted by molar-refractivity contribution is 6.30. The number of benzene rings is 1. The summed E-state index contributed by atoms with van der Waals surface area (Å²) >= 11 is 5.96. The third-order valence-electron chi connectivity index (χ3n) is 4.52. The largest absolute Gasteiger partial charge is 0.508 e. The second-order valence-electron chi connectivity index (χ2n) is 6.39. The Labute approximate surface area is 166 Å². The Morgan fingerprint density at radius 2 is 2.11 bits per heavy atom. The first kappa shape index (κ1) is 17.9. The van der Waals surface area contributed by atoms with E-state index in [-0.39, 0.29) is 17.6 Å². The summed E-state index contributed by atoms with van der Waals surface area (Å²) in [6, 6.07) is 6.39. The molecule has 0 atom stereocenters. The first-order valence-corrected chi connectivity index (χ1v) is 8.91. The molecule has 3 aromatic rings. The first-order chi connectivity index (χ1) is 13.4. The topological polar surface area (TPSA) is 106 Å². The van der Waals surface area contributed by atoms with Gasteiger partial charge < -0.3 is 20.7 Å². The maximum Gasteiger partial charge on any atom is 0.253 e. The van der Waals surface area contributed by atoms with Gasteiger partial charge >= 0.3 is 0 Å². The van der Waals surface area contributed by atoms with E-state index in [0.717, 1.165) is 17.8 Å². The van der Waals surface area contributed by atoms with E-state index in [0.29, 0.717) is 34.0 Å². The van der Waals surface area contributed by atoms with Gasteiger partial charge in [-0.05, 0) is 24.3 Å². The van der Waals surface area contributed by atoms with Crippen LogP contribution in [-0.4, -0.2) is 32.1 Å². The van der Waals surface area contributed by atoms with Gasteiger partial charge in [0, 0.05) is 42.5 Å². The Balaban J connectivity index is 1.83. The van der Waals surface area contributed by atoms with Crippen molar-refractivity contribution in [2.45, 2.75) is 6.42 Å². The van der Waals surface area contributed by atoms with Gasteiger partial charge in [-0.1, -0.05) is 23.4 Å². The molecular weight excluding hydrogens is 378 g/mol. The van der Waals surface area contributed by atoms with E-state index in [2.05, 4.69) is 27.1 Å². The second kappa shape index (κ2) is 6.91. The van der Waals surface area contributed by atoms with E-state index in [1.54, 1.807) is 18.3 Å². The lowest BCUT2D eigenvalue weighted by molar-refractivity contribution is 0.0945. The smallest absolute Gasteiger partial charge is 0.253 e. The van der Waals surface area contributed by atoms with Crippen LogP contribution >= 0.6 is 11.6 Å². The molecular formula is C20H16ClN5O2. The van der Waals surface area contributed by atoms with Crippen molar-refractivity contribution in [1.82, 2.24) is 19.9 Å².